The van der Waals surface area contributed by atoms with Gasteiger partial charge in [0.05, 0.1) is 12.7 Å². The van der Waals surface area contributed by atoms with Crippen LogP contribution < -0.4 is 10.6 Å². The lowest BCUT2D eigenvalue weighted by Gasteiger charge is -2.23. The van der Waals surface area contributed by atoms with E-state index in [2.05, 4.69) is 20.9 Å². The summed E-state index contributed by atoms with van der Waals surface area (Å²) < 4.78 is 1.69. The fourth-order valence-corrected chi connectivity index (χ4v) is 2.48. The number of carbonyl (C=O) groups is 1. The molecule has 21 heavy (non-hydrogen) atoms. The first kappa shape index (κ1) is 13.8. The van der Waals surface area contributed by atoms with Gasteiger partial charge in [-0.3, -0.25) is 4.79 Å². The molecule has 2 aromatic rings. The second-order valence-electron chi connectivity index (χ2n) is 5.28. The molecule has 1 aromatic heterocycles. The van der Waals surface area contributed by atoms with Crippen LogP contribution in [0, 0.1) is 0 Å². The van der Waals surface area contributed by atoms with Crippen LogP contribution in [0.2, 0.25) is 0 Å². The van der Waals surface area contributed by atoms with Crippen molar-refractivity contribution in [3.05, 3.63) is 47.8 Å². The summed E-state index contributed by atoms with van der Waals surface area (Å²) in [5.41, 5.74) is 1.51. The second-order valence-corrected chi connectivity index (χ2v) is 5.28. The smallest absolute Gasteiger partial charge is 0.273 e. The van der Waals surface area contributed by atoms with Crippen molar-refractivity contribution in [1.29, 1.82) is 0 Å². The van der Waals surface area contributed by atoms with Crippen molar-refractivity contribution in [2.75, 3.05) is 13.1 Å². The van der Waals surface area contributed by atoms with Gasteiger partial charge in [0, 0.05) is 6.04 Å². The molecule has 2 heterocycles. The molecule has 1 amide bonds. The third-order valence-electron chi connectivity index (χ3n) is 3.63. The summed E-state index contributed by atoms with van der Waals surface area (Å²) in [7, 11) is 0. The topological polar surface area (TPSA) is 71.8 Å². The summed E-state index contributed by atoms with van der Waals surface area (Å²) in [6, 6.07) is 10.2. The first-order valence-corrected chi connectivity index (χ1v) is 7.27. The van der Waals surface area contributed by atoms with E-state index >= 15 is 0 Å². The third kappa shape index (κ3) is 3.66. The van der Waals surface area contributed by atoms with Crippen LogP contribution in [0.15, 0.2) is 36.5 Å². The molecule has 1 aliphatic heterocycles. The molecule has 0 aliphatic carbocycles. The largest absolute Gasteiger partial charge is 0.348 e. The lowest BCUT2D eigenvalue weighted by atomic mass is 10.1. The van der Waals surface area contributed by atoms with Crippen molar-refractivity contribution in [3.63, 3.8) is 0 Å². The van der Waals surface area contributed by atoms with Gasteiger partial charge in [-0.2, -0.15) is 0 Å². The molecule has 1 aromatic carbocycles. The van der Waals surface area contributed by atoms with Crippen LogP contribution >= 0.6 is 0 Å². The Kier molecular flexibility index (Phi) is 4.25. The van der Waals surface area contributed by atoms with Crippen LogP contribution in [0.4, 0.5) is 0 Å². The number of rotatable bonds is 4. The zero-order valence-electron chi connectivity index (χ0n) is 11.8. The average Bonchev–Trinajstić information content (AvgIpc) is 2.98. The van der Waals surface area contributed by atoms with E-state index in [0.29, 0.717) is 12.2 Å². The maximum absolute atomic E-state index is 12.1. The van der Waals surface area contributed by atoms with Crippen molar-refractivity contribution in [3.8, 4) is 0 Å². The van der Waals surface area contributed by atoms with Gasteiger partial charge >= 0.3 is 0 Å². The summed E-state index contributed by atoms with van der Waals surface area (Å²) in [5.74, 6) is -0.138. The van der Waals surface area contributed by atoms with Crippen LogP contribution in [-0.4, -0.2) is 40.0 Å². The van der Waals surface area contributed by atoms with E-state index in [1.54, 1.807) is 10.9 Å². The molecule has 0 bridgehead atoms. The van der Waals surface area contributed by atoms with Crippen molar-refractivity contribution in [1.82, 2.24) is 25.6 Å². The summed E-state index contributed by atoms with van der Waals surface area (Å²) in [5, 5.41) is 14.3. The number of hydrogen-bond acceptors (Lipinski definition) is 4. The zero-order valence-corrected chi connectivity index (χ0v) is 11.8. The maximum Gasteiger partial charge on any atom is 0.273 e. The molecule has 1 saturated heterocycles. The number of nitrogens with zero attached hydrogens (tertiary/aromatic N) is 3. The standard InChI is InChI=1S/C15H19N5O/c21-15(17-13-6-8-16-9-7-13)14-11-20(19-18-14)10-12-4-2-1-3-5-12/h1-5,11,13,16H,6-10H2,(H,17,21). The van der Waals surface area contributed by atoms with Crippen molar-refractivity contribution < 1.29 is 4.79 Å². The highest BCUT2D eigenvalue weighted by Crippen LogP contribution is 2.05. The fraction of sp³-hybridized carbons (Fsp3) is 0.400. The lowest BCUT2D eigenvalue weighted by Crippen LogP contribution is -2.42. The van der Waals surface area contributed by atoms with Gasteiger partial charge in [-0.1, -0.05) is 35.5 Å². The molecule has 0 saturated carbocycles. The highest BCUT2D eigenvalue weighted by atomic mass is 16.2. The molecule has 110 valence electrons. The number of aromatic nitrogens is 3. The fourth-order valence-electron chi connectivity index (χ4n) is 2.48. The van der Waals surface area contributed by atoms with Crippen LogP contribution in [0.1, 0.15) is 28.9 Å². The number of piperidine rings is 1. The average molecular weight is 285 g/mol. The van der Waals surface area contributed by atoms with Crippen molar-refractivity contribution in [2.45, 2.75) is 25.4 Å². The third-order valence-corrected chi connectivity index (χ3v) is 3.63. The Morgan fingerprint density at radius 3 is 2.81 bits per heavy atom. The van der Waals surface area contributed by atoms with Gasteiger partial charge in [0.15, 0.2) is 5.69 Å². The Labute approximate surface area is 123 Å². The first-order chi connectivity index (χ1) is 10.3. The molecule has 1 aliphatic rings. The molecular formula is C15H19N5O. The molecule has 1 fully saturated rings. The maximum atomic E-state index is 12.1. The Morgan fingerprint density at radius 1 is 1.29 bits per heavy atom. The Hall–Kier alpha value is -2.21. The first-order valence-electron chi connectivity index (χ1n) is 7.27. The quantitative estimate of drug-likeness (QED) is 0.872. The van der Waals surface area contributed by atoms with Crippen LogP contribution in [-0.2, 0) is 6.54 Å². The van der Waals surface area contributed by atoms with E-state index in [9.17, 15) is 4.79 Å². The van der Waals surface area contributed by atoms with Crippen molar-refractivity contribution >= 4 is 5.91 Å². The minimum atomic E-state index is -0.138. The molecule has 0 unspecified atom stereocenters. The monoisotopic (exact) mass is 285 g/mol. The van der Waals surface area contributed by atoms with Gasteiger partial charge in [0.2, 0.25) is 0 Å². The van der Waals surface area contributed by atoms with Gasteiger partial charge in [0.1, 0.15) is 0 Å². The molecule has 0 spiro atoms. The number of nitrogens with one attached hydrogen (secondary N) is 2. The predicted molar refractivity (Wildman–Crippen MR) is 78.9 cm³/mol. The number of hydrogen-bond donors (Lipinski definition) is 2. The molecule has 2 N–H and O–H groups in total. The van der Waals surface area contributed by atoms with Gasteiger partial charge in [-0.15, -0.1) is 5.10 Å². The SMILES string of the molecule is O=C(NC1CCNCC1)c1cn(Cc2ccccc2)nn1. The van der Waals surface area contributed by atoms with Gasteiger partial charge < -0.3 is 10.6 Å². The number of benzene rings is 1. The minimum absolute atomic E-state index is 0.138. The molecule has 3 rings (SSSR count). The summed E-state index contributed by atoms with van der Waals surface area (Å²) >= 11 is 0. The number of amides is 1. The Bertz CT molecular complexity index is 589. The van der Waals surface area contributed by atoms with Gasteiger partial charge in [0.25, 0.3) is 5.91 Å². The van der Waals surface area contributed by atoms with Crippen LogP contribution in [0.25, 0.3) is 0 Å². The van der Waals surface area contributed by atoms with E-state index in [1.807, 2.05) is 30.3 Å². The highest BCUT2D eigenvalue weighted by Gasteiger charge is 2.18. The summed E-state index contributed by atoms with van der Waals surface area (Å²) in [4.78, 5) is 12.1. The highest BCUT2D eigenvalue weighted by molar-refractivity contribution is 5.92. The van der Waals surface area contributed by atoms with E-state index in [4.69, 9.17) is 0 Å². The molecule has 0 atom stereocenters. The van der Waals surface area contributed by atoms with E-state index in [1.165, 1.54) is 0 Å². The molecule has 6 heteroatoms. The van der Waals surface area contributed by atoms with Crippen LogP contribution in [0.5, 0.6) is 0 Å². The van der Waals surface area contributed by atoms with Crippen molar-refractivity contribution in [2.24, 2.45) is 0 Å². The summed E-state index contributed by atoms with van der Waals surface area (Å²) in [6.45, 7) is 2.52. The zero-order chi connectivity index (χ0) is 14.5. The Balaban J connectivity index is 1.60. The summed E-state index contributed by atoms with van der Waals surface area (Å²) in [6.07, 6.45) is 3.62. The minimum Gasteiger partial charge on any atom is -0.348 e. The molecule has 6 nitrogen and oxygen atoms in total. The second kappa shape index (κ2) is 6.49. The van der Waals surface area contributed by atoms with Gasteiger partial charge in [-0.25, -0.2) is 4.68 Å². The predicted octanol–water partition coefficient (Wildman–Crippen LogP) is 0.808. The Morgan fingerprint density at radius 2 is 2.05 bits per heavy atom. The van der Waals surface area contributed by atoms with E-state index in [0.717, 1.165) is 31.5 Å². The molecule has 0 radical (unpaired) electrons. The molecular weight excluding hydrogens is 266 g/mol. The lowest BCUT2D eigenvalue weighted by molar-refractivity contribution is 0.0924. The van der Waals surface area contributed by atoms with E-state index in [-0.39, 0.29) is 11.9 Å². The number of carbonyl (C=O) groups excluding carboxylic acids is 1. The van der Waals surface area contributed by atoms with Crippen LogP contribution in [0.3, 0.4) is 0 Å². The van der Waals surface area contributed by atoms with Gasteiger partial charge in [-0.05, 0) is 31.5 Å². The normalized spacial score (nSPS) is 15.8. The van der Waals surface area contributed by atoms with E-state index < -0.39 is 0 Å².